The van der Waals surface area contributed by atoms with E-state index in [1.54, 1.807) is 7.11 Å². The second-order valence-electron chi connectivity index (χ2n) is 10.1. The number of aliphatic hydroxyl groups excluding tert-OH is 1. The van der Waals surface area contributed by atoms with Crippen LogP contribution in [0.15, 0.2) is 83.8 Å². The second kappa shape index (κ2) is 15.7. The fourth-order valence-electron chi connectivity index (χ4n) is 4.78. The number of hydrogen-bond acceptors (Lipinski definition) is 7. The molecule has 1 aliphatic heterocycles. The van der Waals surface area contributed by atoms with Crippen molar-refractivity contribution in [3.63, 3.8) is 0 Å². The molecule has 1 heterocycles. The minimum Gasteiger partial charge on any atom is -0.497 e. The highest BCUT2D eigenvalue weighted by atomic mass is 35.6. The largest absolute Gasteiger partial charge is 0.497 e. The molecule has 0 unspecified atom stereocenters. The highest BCUT2D eigenvalue weighted by Crippen LogP contribution is 2.40. The van der Waals surface area contributed by atoms with Gasteiger partial charge in [0.05, 0.1) is 39.5 Å². The van der Waals surface area contributed by atoms with Crippen LogP contribution in [-0.2, 0) is 27.4 Å². The van der Waals surface area contributed by atoms with Crippen molar-refractivity contribution >= 4 is 52.7 Å². The molecular formula is C31H34Cl3NO7S. The van der Waals surface area contributed by atoms with Gasteiger partial charge in [0.25, 0.3) is 0 Å². The van der Waals surface area contributed by atoms with Gasteiger partial charge in [0.15, 0.2) is 0 Å². The summed E-state index contributed by atoms with van der Waals surface area (Å²) in [5.74, 6) is 0.686. The van der Waals surface area contributed by atoms with E-state index in [0.29, 0.717) is 5.75 Å². The molecule has 0 spiro atoms. The third-order valence-electron chi connectivity index (χ3n) is 6.91. The summed E-state index contributed by atoms with van der Waals surface area (Å²) in [5, 5.41) is 20.9. The zero-order valence-corrected chi connectivity index (χ0v) is 26.7. The van der Waals surface area contributed by atoms with Gasteiger partial charge < -0.3 is 29.2 Å². The molecule has 232 valence electrons. The number of aryl methyl sites for hydroxylation is 1. The van der Waals surface area contributed by atoms with Crippen LogP contribution in [0.25, 0.3) is 0 Å². The number of hydrogen-bond donors (Lipinski definition) is 2. The lowest BCUT2D eigenvalue weighted by atomic mass is 9.96. The van der Waals surface area contributed by atoms with Crippen molar-refractivity contribution in [3.05, 3.63) is 95.6 Å². The monoisotopic (exact) mass is 669 g/mol. The average molecular weight is 671 g/mol. The lowest BCUT2D eigenvalue weighted by Gasteiger charge is -2.49. The number of amides is 1. The van der Waals surface area contributed by atoms with E-state index in [9.17, 15) is 15.0 Å². The SMILES string of the molecule is COc1ccc(CO[C@H]2[C@H](OCc3ccccc3)[C@@H](CO)O[C@@H](Sc3ccc(C)cc3)[C@@H]2N(CC(Cl)(Cl)Cl)C(=O)O)cc1. The van der Waals surface area contributed by atoms with Crippen molar-refractivity contribution in [2.75, 3.05) is 20.3 Å². The Morgan fingerprint density at radius 3 is 2.09 bits per heavy atom. The van der Waals surface area contributed by atoms with Crippen molar-refractivity contribution in [1.29, 1.82) is 0 Å². The van der Waals surface area contributed by atoms with E-state index in [2.05, 4.69) is 0 Å². The molecule has 4 rings (SSSR count). The molecule has 0 aliphatic carbocycles. The van der Waals surface area contributed by atoms with Crippen molar-refractivity contribution in [3.8, 4) is 5.75 Å². The Morgan fingerprint density at radius 2 is 1.53 bits per heavy atom. The fourth-order valence-corrected chi connectivity index (χ4v) is 6.37. The van der Waals surface area contributed by atoms with Gasteiger partial charge in [0, 0.05) is 4.90 Å². The summed E-state index contributed by atoms with van der Waals surface area (Å²) in [4.78, 5) is 14.6. The Bertz CT molecular complexity index is 1300. The maximum atomic E-state index is 12.8. The molecule has 12 heteroatoms. The molecule has 0 radical (unpaired) electrons. The molecule has 1 fully saturated rings. The summed E-state index contributed by atoms with van der Waals surface area (Å²) >= 11 is 19.8. The number of methoxy groups -OCH3 is 1. The van der Waals surface area contributed by atoms with Gasteiger partial charge in [-0.3, -0.25) is 4.90 Å². The summed E-state index contributed by atoms with van der Waals surface area (Å²) in [7, 11) is 1.58. The molecule has 0 saturated carbocycles. The van der Waals surface area contributed by atoms with Gasteiger partial charge in [0.1, 0.15) is 29.5 Å². The maximum absolute atomic E-state index is 12.8. The maximum Gasteiger partial charge on any atom is 0.407 e. The number of halogens is 3. The van der Waals surface area contributed by atoms with Gasteiger partial charge in [-0.05, 0) is 42.3 Å². The van der Waals surface area contributed by atoms with Gasteiger partial charge in [-0.2, -0.15) is 0 Å². The Kier molecular flexibility index (Phi) is 12.3. The Morgan fingerprint density at radius 1 is 0.930 bits per heavy atom. The van der Waals surface area contributed by atoms with E-state index >= 15 is 0 Å². The molecular weight excluding hydrogens is 637 g/mol. The standard InChI is InChI=1S/C31H34Cl3NO7S/c1-20-8-14-24(15-9-20)43-29-26(35(30(37)38)19-31(32,33)34)28(41-18-22-10-12-23(39-2)13-11-22)27(25(16-36)42-29)40-17-21-6-4-3-5-7-21/h3-15,25-29,36H,16-19H2,1-2H3,(H,37,38)/t25-,26-,27-,28-,29+/m1/s1. The molecule has 0 bridgehead atoms. The summed E-state index contributed by atoms with van der Waals surface area (Å²) in [5.41, 5.74) is 1.93. The summed E-state index contributed by atoms with van der Waals surface area (Å²) in [6, 6.07) is 23.5. The third kappa shape index (κ3) is 9.64. The van der Waals surface area contributed by atoms with Crippen LogP contribution in [-0.4, -0.2) is 75.0 Å². The lowest BCUT2D eigenvalue weighted by molar-refractivity contribution is -0.223. The smallest absolute Gasteiger partial charge is 0.407 e. The molecule has 3 aromatic carbocycles. The molecule has 8 nitrogen and oxygen atoms in total. The van der Waals surface area contributed by atoms with Crippen LogP contribution in [0.3, 0.4) is 0 Å². The highest BCUT2D eigenvalue weighted by molar-refractivity contribution is 7.99. The van der Waals surface area contributed by atoms with Crippen LogP contribution < -0.4 is 4.74 Å². The first-order valence-electron chi connectivity index (χ1n) is 13.5. The molecule has 1 aliphatic rings. The summed E-state index contributed by atoms with van der Waals surface area (Å²) < 4.78 is 22.6. The van der Waals surface area contributed by atoms with E-state index in [-0.39, 0.29) is 13.2 Å². The topological polar surface area (TPSA) is 97.7 Å². The van der Waals surface area contributed by atoms with Crippen LogP contribution >= 0.6 is 46.6 Å². The predicted molar refractivity (Wildman–Crippen MR) is 168 cm³/mol. The number of nitrogens with zero attached hydrogens (tertiary/aromatic N) is 1. The number of aliphatic hydroxyl groups is 1. The fraction of sp³-hybridized carbons (Fsp3) is 0.387. The third-order valence-corrected chi connectivity index (χ3v) is 8.43. The first kappa shape index (κ1) is 33.7. The van der Waals surface area contributed by atoms with Crippen molar-refractivity contribution in [2.45, 2.75) is 58.6 Å². The lowest BCUT2D eigenvalue weighted by Crippen LogP contribution is -2.66. The van der Waals surface area contributed by atoms with Crippen LogP contribution in [0.4, 0.5) is 4.79 Å². The second-order valence-corrected chi connectivity index (χ2v) is 13.7. The zero-order chi connectivity index (χ0) is 31.0. The number of ether oxygens (including phenoxy) is 4. The Balaban J connectivity index is 1.74. The molecule has 3 aromatic rings. The van der Waals surface area contributed by atoms with Crippen LogP contribution in [0.1, 0.15) is 16.7 Å². The number of carboxylic acid groups (broad SMARTS) is 1. The van der Waals surface area contributed by atoms with Crippen LogP contribution in [0.2, 0.25) is 0 Å². The van der Waals surface area contributed by atoms with Gasteiger partial charge in [0.2, 0.25) is 3.79 Å². The molecule has 0 aromatic heterocycles. The van der Waals surface area contributed by atoms with Crippen LogP contribution in [0, 0.1) is 6.92 Å². The van der Waals surface area contributed by atoms with Crippen molar-refractivity contribution < 1.29 is 34.0 Å². The molecule has 1 amide bonds. The molecule has 43 heavy (non-hydrogen) atoms. The van der Waals surface area contributed by atoms with Crippen molar-refractivity contribution in [1.82, 2.24) is 4.90 Å². The van der Waals surface area contributed by atoms with E-state index in [1.165, 1.54) is 11.8 Å². The van der Waals surface area contributed by atoms with Crippen molar-refractivity contribution in [2.24, 2.45) is 0 Å². The number of carbonyl (C=O) groups is 1. The number of alkyl halides is 3. The van der Waals surface area contributed by atoms with Gasteiger partial charge in [-0.1, -0.05) is 107 Å². The van der Waals surface area contributed by atoms with Crippen LogP contribution in [0.5, 0.6) is 5.75 Å². The Labute approximate surface area is 270 Å². The van der Waals surface area contributed by atoms with E-state index in [1.807, 2.05) is 85.8 Å². The molecule has 5 atom stereocenters. The summed E-state index contributed by atoms with van der Waals surface area (Å²) in [6.45, 7) is 1.41. The molecule has 2 N–H and O–H groups in total. The minimum atomic E-state index is -1.92. The normalized spacial score (nSPS) is 22.2. The van der Waals surface area contributed by atoms with E-state index in [0.717, 1.165) is 26.5 Å². The van der Waals surface area contributed by atoms with E-state index in [4.69, 9.17) is 53.8 Å². The number of thioether (sulfide) groups is 1. The zero-order valence-electron chi connectivity index (χ0n) is 23.6. The molecule has 1 saturated heterocycles. The number of rotatable bonds is 12. The average Bonchev–Trinajstić information content (AvgIpc) is 2.99. The highest BCUT2D eigenvalue weighted by Gasteiger charge is 2.52. The quantitative estimate of drug-likeness (QED) is 0.206. The summed E-state index contributed by atoms with van der Waals surface area (Å²) in [6.07, 6.45) is -3.97. The Hall–Kier alpha value is -2.21. The van der Waals surface area contributed by atoms with Gasteiger partial charge >= 0.3 is 6.09 Å². The minimum absolute atomic E-state index is 0.109. The first-order valence-corrected chi connectivity index (χ1v) is 15.6. The predicted octanol–water partition coefficient (Wildman–Crippen LogP) is 6.70. The van der Waals surface area contributed by atoms with E-state index < -0.39 is 52.8 Å². The van der Waals surface area contributed by atoms with Gasteiger partial charge in [-0.25, -0.2) is 4.79 Å². The number of benzene rings is 3. The first-order chi connectivity index (χ1) is 20.6. The van der Waals surface area contributed by atoms with Gasteiger partial charge in [-0.15, -0.1) is 0 Å².